The maximum Gasteiger partial charge on any atom is 0.347 e. The summed E-state index contributed by atoms with van der Waals surface area (Å²) in [5.74, 6) is -18.9. The van der Waals surface area contributed by atoms with Crippen molar-refractivity contribution in [2.24, 2.45) is 39.8 Å². The van der Waals surface area contributed by atoms with Crippen LogP contribution in [-0.2, 0) is 100 Å². The Labute approximate surface area is 514 Å². The number of hydrogen-bond acceptors (Lipinski definition) is 17. The highest BCUT2D eigenvalue weighted by Crippen LogP contribution is 2.47. The molecule has 0 spiro atoms. The zero-order valence-electron chi connectivity index (χ0n) is 49.7. The number of imide groups is 1. The molecular weight excluding hydrogens is 1140 g/mol. The number of guanidine groups is 1. The molecule has 89 heavy (non-hydrogen) atoms. The van der Waals surface area contributed by atoms with Gasteiger partial charge in [0, 0.05) is 6.54 Å². The molecule has 4 atom stereocenters. The lowest BCUT2D eigenvalue weighted by atomic mass is 9.62. The first kappa shape index (κ1) is 67.9. The Kier molecular flexibility index (Phi) is 23.9. The smallest absolute Gasteiger partial charge is 0.347 e. The Morgan fingerprint density at radius 1 is 0.551 bits per heavy atom. The second-order valence-electron chi connectivity index (χ2n) is 21.9. The maximum absolute atomic E-state index is 16.8. The van der Waals surface area contributed by atoms with Gasteiger partial charge in [0.05, 0.1) is 17.5 Å². The van der Waals surface area contributed by atoms with Gasteiger partial charge in [-0.25, -0.2) is 14.5 Å². The third-order valence-corrected chi connectivity index (χ3v) is 14.3. The number of nitrogens with zero attached hydrogens (tertiary/aromatic N) is 2. The minimum Gasteiger partial charge on any atom is -0.508 e. The lowest BCUT2D eigenvalue weighted by Gasteiger charge is -2.49. The van der Waals surface area contributed by atoms with E-state index in [4.69, 9.17) is 41.9 Å². The number of aliphatic carboxylic acids is 1. The number of aliphatic imine (C=N–C) groups is 1. The first-order valence-electron chi connectivity index (χ1n) is 28.4. The summed E-state index contributed by atoms with van der Waals surface area (Å²) in [4.78, 5) is 146. The van der Waals surface area contributed by atoms with E-state index in [0.717, 1.165) is 38.1 Å². The second kappa shape index (κ2) is 31.4. The molecule has 0 radical (unpaired) electrons. The number of nitrogens with two attached hydrogens (primary N) is 4. The number of phenols is 1. The van der Waals surface area contributed by atoms with E-state index in [-0.39, 0.29) is 52.5 Å². The van der Waals surface area contributed by atoms with Crippen LogP contribution in [0, 0.1) is 11.8 Å². The summed E-state index contributed by atoms with van der Waals surface area (Å²) in [6.07, 6.45) is -0.315. The van der Waals surface area contributed by atoms with E-state index < -0.39 is 144 Å². The van der Waals surface area contributed by atoms with E-state index in [9.17, 15) is 19.8 Å². The molecule has 0 bridgehead atoms. The predicted molar refractivity (Wildman–Crippen MR) is 325 cm³/mol. The molecule has 4 amide bonds. The fourth-order valence-electron chi connectivity index (χ4n) is 9.67. The number of carbonyl (C=O) groups excluding carboxylic acids is 8. The van der Waals surface area contributed by atoms with Gasteiger partial charge >= 0.3 is 29.8 Å². The maximum atomic E-state index is 16.8. The molecule has 12 N–H and O–H groups in total. The zero-order valence-corrected chi connectivity index (χ0v) is 49.7. The Bertz CT molecular complexity index is 3310. The highest BCUT2D eigenvalue weighted by molar-refractivity contribution is 6.26. The van der Waals surface area contributed by atoms with Crippen LogP contribution in [0.5, 0.6) is 5.75 Å². The van der Waals surface area contributed by atoms with Gasteiger partial charge in [-0.3, -0.25) is 38.6 Å². The zero-order chi connectivity index (χ0) is 64.9. The normalized spacial score (nSPS) is 12.8. The van der Waals surface area contributed by atoms with Gasteiger partial charge in [0.2, 0.25) is 23.1 Å². The van der Waals surface area contributed by atoms with Crippen molar-refractivity contribution in [1.82, 2.24) is 15.5 Å². The van der Waals surface area contributed by atoms with E-state index in [1.54, 1.807) is 103 Å². The molecule has 0 saturated carbocycles. The summed E-state index contributed by atoms with van der Waals surface area (Å²) < 4.78 is 24.4. The molecule has 1 unspecified atom stereocenters. The van der Waals surface area contributed by atoms with Crippen molar-refractivity contribution in [3.8, 4) is 5.75 Å². The number of aromatic hydroxyl groups is 1. The van der Waals surface area contributed by atoms with Gasteiger partial charge in [0.1, 0.15) is 44.3 Å². The van der Waals surface area contributed by atoms with Gasteiger partial charge in [-0.2, -0.15) is 0 Å². The quantitative estimate of drug-likeness (QED) is 0.00774. The monoisotopic (exact) mass is 1220 g/mol. The Morgan fingerprint density at radius 2 is 0.933 bits per heavy atom. The Morgan fingerprint density at radius 3 is 1.30 bits per heavy atom. The van der Waals surface area contributed by atoms with Gasteiger partial charge in [0.25, 0.3) is 11.4 Å². The van der Waals surface area contributed by atoms with Crippen LogP contribution < -0.4 is 33.6 Å². The number of hydrogen-bond donors (Lipinski definition) is 8. The summed E-state index contributed by atoms with van der Waals surface area (Å²) in [5, 5.41) is 26.8. The number of rotatable bonds is 30. The molecule has 23 heteroatoms. The molecule has 468 valence electrons. The van der Waals surface area contributed by atoms with E-state index in [1.807, 2.05) is 0 Å². The third kappa shape index (κ3) is 17.0. The van der Waals surface area contributed by atoms with Crippen LogP contribution in [0.15, 0.2) is 181 Å². The molecule has 0 heterocycles. The number of carbonyl (C=O) groups is 9. The van der Waals surface area contributed by atoms with Gasteiger partial charge in [0.15, 0.2) is 5.96 Å². The number of carboxylic acid groups (broad SMARTS) is 1. The molecule has 0 aliphatic carbocycles. The number of benzene rings is 6. The topological polar surface area (TPSA) is 375 Å². The molecule has 0 aliphatic rings. The van der Waals surface area contributed by atoms with E-state index in [2.05, 4.69) is 15.6 Å². The van der Waals surface area contributed by atoms with E-state index >= 15 is 33.6 Å². The van der Waals surface area contributed by atoms with Crippen LogP contribution in [0.2, 0.25) is 0 Å². The molecular formula is C66H74N8O15. The first-order chi connectivity index (χ1) is 42.4. The van der Waals surface area contributed by atoms with Crippen molar-refractivity contribution >= 4 is 59.4 Å². The van der Waals surface area contributed by atoms with Crippen LogP contribution in [0.1, 0.15) is 73.9 Å². The van der Waals surface area contributed by atoms with Crippen molar-refractivity contribution in [1.29, 1.82) is 0 Å². The van der Waals surface area contributed by atoms with Crippen molar-refractivity contribution < 1.29 is 72.3 Å². The molecule has 0 saturated heterocycles. The average Bonchev–Trinajstić information content (AvgIpc) is 0.722. The number of carboxylic acids is 1. The van der Waals surface area contributed by atoms with Crippen LogP contribution in [0.25, 0.3) is 0 Å². The minimum atomic E-state index is -4.23. The van der Waals surface area contributed by atoms with Crippen LogP contribution >= 0.6 is 0 Å². The fourth-order valence-corrected chi connectivity index (χ4v) is 9.67. The molecule has 0 fully saturated rings. The minimum absolute atomic E-state index is 0.0522. The van der Waals surface area contributed by atoms with Crippen molar-refractivity contribution in [3.05, 3.63) is 209 Å². The fraction of sp³-hybridized carbons (Fsp3) is 0.303. The van der Waals surface area contributed by atoms with Gasteiger partial charge < -0.3 is 62.7 Å². The highest BCUT2D eigenvalue weighted by Gasteiger charge is 2.80. The first-order valence-corrected chi connectivity index (χ1v) is 28.4. The SMILES string of the molecule is CC(C)[C@H](NC(=O)[C@@H](NC(=O)[C@@H](N)CCCN=C(N)N)C(Cc1ccccc1)C(=O)O)C(=O)N(C(=O)C(C)(C)N)C(C(=O)OCc1ccccc1)(C(=O)OCc1ccccc1)C(C(=O)OCc1ccccc1)(C(=O)OCc1ccccc1)c1ccc(O)cc1. The van der Waals surface area contributed by atoms with Crippen molar-refractivity contribution in [2.45, 2.75) is 108 Å². The van der Waals surface area contributed by atoms with E-state index in [0.29, 0.717) is 5.56 Å². The van der Waals surface area contributed by atoms with Crippen LogP contribution in [0.4, 0.5) is 0 Å². The predicted octanol–water partition coefficient (Wildman–Crippen LogP) is 4.38. The summed E-state index contributed by atoms with van der Waals surface area (Å²) in [7, 11) is 0. The number of ether oxygens (including phenoxy) is 4. The number of phenolic OH excluding ortho intramolecular Hbond substituents is 1. The van der Waals surface area contributed by atoms with Crippen molar-refractivity contribution in [2.75, 3.05) is 6.54 Å². The lowest BCUT2D eigenvalue weighted by molar-refractivity contribution is -0.204. The molecule has 6 aromatic carbocycles. The standard InChI is InChI=1S/C66H74N8O15/c1-42(2)52(72-55(77)53(50(57(79)80)37-43-21-10-5-11-22-43)73-54(76)51(67)31-20-36-71-63(68)69)56(78)74(58(81)64(3,4)70)66(61(84)88-40-46-27-16-8-17-28-46,62(85)89-41-47-29-18-9-19-30-47)65(48-32-34-49(75)35-33-48,59(82)86-38-44-23-12-6-13-24-44)60(83)87-39-45-25-14-7-15-26-45/h5-19,21-30,32-35,42,50-53,75H,20,31,36-41,67,70H2,1-4H3,(H,72,77)(H,73,76)(H,79,80)(H4,68,69,71)/t50?,51-,52-,53-/m0/s1. The molecule has 0 aliphatic heterocycles. The summed E-state index contributed by atoms with van der Waals surface area (Å²) in [6, 6.07) is 37.6. The lowest BCUT2D eigenvalue weighted by Crippen LogP contribution is -2.81. The van der Waals surface area contributed by atoms with Gasteiger partial charge in [-0.05, 0) is 84.5 Å². The number of amides is 4. The molecule has 0 aromatic heterocycles. The van der Waals surface area contributed by atoms with Crippen LogP contribution in [-0.4, -0.2) is 110 Å². The third-order valence-electron chi connectivity index (χ3n) is 14.3. The summed E-state index contributed by atoms with van der Waals surface area (Å²) >= 11 is 0. The molecule has 23 nitrogen and oxygen atoms in total. The van der Waals surface area contributed by atoms with Gasteiger partial charge in [-0.1, -0.05) is 178 Å². The Balaban J connectivity index is 1.72. The largest absolute Gasteiger partial charge is 0.508 e. The number of esters is 4. The van der Waals surface area contributed by atoms with Crippen LogP contribution in [0.3, 0.4) is 0 Å². The second-order valence-corrected chi connectivity index (χ2v) is 21.9. The molecule has 6 aromatic rings. The molecule has 6 rings (SSSR count). The van der Waals surface area contributed by atoms with Crippen molar-refractivity contribution in [3.63, 3.8) is 0 Å². The average molecular weight is 1220 g/mol. The summed E-state index contributed by atoms with van der Waals surface area (Å²) in [5.41, 5.74) is 14.2. The van der Waals surface area contributed by atoms with Gasteiger partial charge in [-0.15, -0.1) is 0 Å². The summed E-state index contributed by atoms with van der Waals surface area (Å²) in [6.45, 7) is 1.91. The Hall–Kier alpha value is -10.3. The highest BCUT2D eigenvalue weighted by atomic mass is 16.6. The van der Waals surface area contributed by atoms with E-state index in [1.165, 1.54) is 62.4 Å². The number of nitrogens with one attached hydrogen (secondary N) is 2.